The first-order valence-corrected chi connectivity index (χ1v) is 9.36. The number of hydrogen-bond donors (Lipinski definition) is 1. The van der Waals surface area contributed by atoms with Crippen LogP contribution in [-0.4, -0.2) is 46.0 Å². The molecule has 3 unspecified atom stereocenters. The van der Waals surface area contributed by atoms with E-state index in [1.807, 2.05) is 17.0 Å². The van der Waals surface area contributed by atoms with Crippen molar-refractivity contribution in [3.05, 3.63) is 34.3 Å². The summed E-state index contributed by atoms with van der Waals surface area (Å²) in [5.74, 6) is 1.26. The number of carbonyl (C=O) groups is 2. The van der Waals surface area contributed by atoms with Gasteiger partial charge < -0.3 is 10.0 Å². The molecule has 0 aromatic heterocycles. The molecule has 0 spiro atoms. The number of halogens is 1. The molecule has 1 amide bonds. The molecule has 1 aliphatic heterocycles. The summed E-state index contributed by atoms with van der Waals surface area (Å²) in [5, 5.41) is 9.02. The van der Waals surface area contributed by atoms with Gasteiger partial charge in [-0.1, -0.05) is 28.1 Å². The lowest BCUT2D eigenvalue weighted by molar-refractivity contribution is -0.140. The molecule has 6 heteroatoms. The molecule has 2 aliphatic rings. The van der Waals surface area contributed by atoms with Gasteiger partial charge >= 0.3 is 5.97 Å². The Bertz CT molecular complexity index is 577. The largest absolute Gasteiger partial charge is 0.481 e. The van der Waals surface area contributed by atoms with Crippen molar-refractivity contribution in [2.24, 2.45) is 5.92 Å². The number of thioether (sulfide) groups is 1. The highest BCUT2D eigenvalue weighted by atomic mass is 79.9. The Morgan fingerprint density at radius 1 is 1.32 bits per heavy atom. The minimum atomic E-state index is -0.828. The molecule has 3 atom stereocenters. The summed E-state index contributed by atoms with van der Waals surface area (Å²) in [6.45, 7) is 0.672. The van der Waals surface area contributed by atoms with Gasteiger partial charge in [-0.3, -0.25) is 9.59 Å². The number of hydrogen-bond acceptors (Lipinski definition) is 3. The van der Waals surface area contributed by atoms with Crippen LogP contribution in [-0.2, 0) is 9.59 Å². The Hall–Kier alpha value is -1.01. The quantitative estimate of drug-likeness (QED) is 0.867. The summed E-state index contributed by atoms with van der Waals surface area (Å²) in [6.07, 6.45) is 0.929. The maximum atomic E-state index is 12.7. The first-order chi connectivity index (χ1) is 10.6. The van der Waals surface area contributed by atoms with Gasteiger partial charge in [0.2, 0.25) is 5.91 Å². The van der Waals surface area contributed by atoms with Crippen LogP contribution in [0, 0.1) is 5.92 Å². The Morgan fingerprint density at radius 3 is 2.73 bits per heavy atom. The van der Waals surface area contributed by atoms with E-state index in [0.717, 1.165) is 22.4 Å². The van der Waals surface area contributed by atoms with Gasteiger partial charge in [0.25, 0.3) is 0 Å². The molecule has 1 N–H and O–H groups in total. The van der Waals surface area contributed by atoms with E-state index in [-0.39, 0.29) is 24.3 Å². The molecule has 0 bridgehead atoms. The number of carboxylic acid groups (broad SMARTS) is 1. The second-order valence-electron chi connectivity index (χ2n) is 5.86. The molecule has 22 heavy (non-hydrogen) atoms. The molecule has 0 radical (unpaired) electrons. The molecule has 1 saturated carbocycles. The van der Waals surface area contributed by atoms with Gasteiger partial charge in [0.05, 0.1) is 12.5 Å². The summed E-state index contributed by atoms with van der Waals surface area (Å²) in [7, 11) is 0. The normalized spacial score (nSPS) is 27.5. The topological polar surface area (TPSA) is 57.6 Å². The van der Waals surface area contributed by atoms with E-state index in [9.17, 15) is 9.59 Å². The van der Waals surface area contributed by atoms with Gasteiger partial charge in [-0.05, 0) is 30.0 Å². The van der Waals surface area contributed by atoms with Crippen LogP contribution >= 0.6 is 27.7 Å². The third-order valence-corrected chi connectivity index (χ3v) is 5.95. The molecule has 1 heterocycles. The highest BCUT2D eigenvalue weighted by molar-refractivity contribution is 9.10. The van der Waals surface area contributed by atoms with Gasteiger partial charge in [-0.25, -0.2) is 0 Å². The summed E-state index contributed by atoms with van der Waals surface area (Å²) >= 11 is 5.15. The van der Waals surface area contributed by atoms with Crippen LogP contribution in [0.1, 0.15) is 24.3 Å². The summed E-state index contributed by atoms with van der Waals surface area (Å²) < 4.78 is 1.04. The molecular weight excluding hydrogens is 366 g/mol. The van der Waals surface area contributed by atoms with Crippen molar-refractivity contribution in [1.82, 2.24) is 4.90 Å². The monoisotopic (exact) mass is 383 g/mol. The van der Waals surface area contributed by atoms with Crippen molar-refractivity contribution in [2.45, 2.75) is 24.8 Å². The average Bonchev–Trinajstić information content (AvgIpc) is 3.28. The van der Waals surface area contributed by atoms with Crippen molar-refractivity contribution in [3.63, 3.8) is 0 Å². The van der Waals surface area contributed by atoms with Crippen LogP contribution in [0.4, 0.5) is 0 Å². The number of nitrogens with zero attached hydrogens (tertiary/aromatic N) is 1. The molecule has 3 rings (SSSR count). The lowest BCUT2D eigenvalue weighted by Crippen LogP contribution is -2.47. The van der Waals surface area contributed by atoms with Crippen molar-refractivity contribution < 1.29 is 14.7 Å². The fourth-order valence-corrected chi connectivity index (χ4v) is 4.40. The number of amides is 1. The minimum absolute atomic E-state index is 0.0283. The van der Waals surface area contributed by atoms with Crippen LogP contribution in [0.2, 0.25) is 0 Å². The van der Waals surface area contributed by atoms with Crippen molar-refractivity contribution in [1.29, 1.82) is 0 Å². The number of rotatable bonds is 4. The van der Waals surface area contributed by atoms with Gasteiger partial charge in [0, 0.05) is 28.4 Å². The summed E-state index contributed by atoms with van der Waals surface area (Å²) in [4.78, 5) is 25.5. The third-order valence-electron chi connectivity index (χ3n) is 4.33. The molecule has 1 aliphatic carbocycles. The predicted molar refractivity (Wildman–Crippen MR) is 90.1 cm³/mol. The third kappa shape index (κ3) is 3.49. The maximum Gasteiger partial charge on any atom is 0.305 e. The van der Waals surface area contributed by atoms with E-state index in [4.69, 9.17) is 5.11 Å². The fourth-order valence-electron chi connectivity index (χ4n) is 3.07. The summed E-state index contributed by atoms with van der Waals surface area (Å²) in [5.41, 5.74) is 1.20. The standard InChI is InChI=1S/C16H18BrNO3S/c17-11-3-1-10(2-4-11)13-8-14(13)16(21)18-5-6-22-9-12(18)7-15(19)20/h1-4,12-14H,5-9H2,(H,19,20). The second kappa shape index (κ2) is 6.62. The molecule has 4 nitrogen and oxygen atoms in total. The van der Waals surface area contributed by atoms with E-state index in [1.54, 1.807) is 11.8 Å². The minimum Gasteiger partial charge on any atom is -0.481 e. The maximum absolute atomic E-state index is 12.7. The Balaban J connectivity index is 1.66. The Labute approximate surface area is 142 Å². The van der Waals surface area contributed by atoms with E-state index in [2.05, 4.69) is 28.1 Å². The van der Waals surface area contributed by atoms with Gasteiger partial charge in [0.15, 0.2) is 0 Å². The average molecular weight is 384 g/mol. The number of carbonyl (C=O) groups excluding carboxylic acids is 1. The molecule has 1 saturated heterocycles. The summed E-state index contributed by atoms with van der Waals surface area (Å²) in [6, 6.07) is 7.96. The first kappa shape index (κ1) is 15.9. The highest BCUT2D eigenvalue weighted by Crippen LogP contribution is 2.49. The van der Waals surface area contributed by atoms with Crippen LogP contribution in [0.25, 0.3) is 0 Å². The predicted octanol–water partition coefficient (Wildman–Crippen LogP) is 2.97. The van der Waals surface area contributed by atoms with Gasteiger partial charge in [0.1, 0.15) is 0 Å². The SMILES string of the molecule is O=C(O)CC1CSCCN1C(=O)C1CC1c1ccc(Br)cc1. The molecular formula is C16H18BrNO3S. The Morgan fingerprint density at radius 2 is 2.05 bits per heavy atom. The molecule has 1 aromatic rings. The second-order valence-corrected chi connectivity index (χ2v) is 7.92. The van der Waals surface area contributed by atoms with Crippen LogP contribution in [0.5, 0.6) is 0 Å². The molecule has 1 aromatic carbocycles. The lowest BCUT2D eigenvalue weighted by atomic mass is 10.1. The number of aliphatic carboxylic acids is 1. The van der Waals surface area contributed by atoms with E-state index >= 15 is 0 Å². The van der Waals surface area contributed by atoms with Crippen LogP contribution < -0.4 is 0 Å². The van der Waals surface area contributed by atoms with E-state index < -0.39 is 5.97 Å². The fraction of sp³-hybridized carbons (Fsp3) is 0.500. The van der Waals surface area contributed by atoms with Crippen molar-refractivity contribution >= 4 is 39.6 Å². The molecule has 118 valence electrons. The zero-order valence-electron chi connectivity index (χ0n) is 12.1. The lowest BCUT2D eigenvalue weighted by Gasteiger charge is -2.35. The van der Waals surface area contributed by atoms with Crippen LogP contribution in [0.3, 0.4) is 0 Å². The van der Waals surface area contributed by atoms with Crippen molar-refractivity contribution in [3.8, 4) is 0 Å². The molecule has 2 fully saturated rings. The first-order valence-electron chi connectivity index (χ1n) is 7.41. The zero-order valence-corrected chi connectivity index (χ0v) is 14.5. The van der Waals surface area contributed by atoms with Crippen LogP contribution in [0.15, 0.2) is 28.7 Å². The number of benzene rings is 1. The van der Waals surface area contributed by atoms with Gasteiger partial charge in [-0.2, -0.15) is 11.8 Å². The van der Waals surface area contributed by atoms with Gasteiger partial charge in [-0.15, -0.1) is 0 Å². The zero-order chi connectivity index (χ0) is 15.7. The smallest absolute Gasteiger partial charge is 0.305 e. The highest BCUT2D eigenvalue weighted by Gasteiger charge is 2.47. The van der Waals surface area contributed by atoms with Crippen molar-refractivity contribution in [2.75, 3.05) is 18.1 Å². The van der Waals surface area contributed by atoms with E-state index in [0.29, 0.717) is 12.5 Å². The van der Waals surface area contributed by atoms with E-state index in [1.165, 1.54) is 5.56 Å². The number of carboxylic acids is 1. The Kier molecular flexibility index (Phi) is 4.78.